The zero-order chi connectivity index (χ0) is 18.9. The summed E-state index contributed by atoms with van der Waals surface area (Å²) in [6, 6.07) is 18.1. The predicted molar refractivity (Wildman–Crippen MR) is 105 cm³/mol. The molecule has 1 N–H and O–H groups in total. The minimum Gasteiger partial charge on any atom is -0.361 e. The number of benzene rings is 2. The van der Waals surface area contributed by atoms with Crippen molar-refractivity contribution in [2.75, 3.05) is 13.1 Å². The molecule has 2 aromatic heterocycles. The summed E-state index contributed by atoms with van der Waals surface area (Å²) < 4.78 is 5.43. The van der Waals surface area contributed by atoms with Crippen molar-refractivity contribution in [2.45, 2.75) is 18.8 Å². The van der Waals surface area contributed by atoms with Gasteiger partial charge in [0.1, 0.15) is 0 Å². The molecule has 0 aliphatic carbocycles. The Morgan fingerprint density at radius 1 is 1.11 bits per heavy atom. The lowest BCUT2D eigenvalue weighted by Gasteiger charge is -2.37. The summed E-state index contributed by atoms with van der Waals surface area (Å²) in [5.74, 6) is 1.57. The number of H-pyrrole nitrogens is 1. The largest absolute Gasteiger partial charge is 0.361 e. The first kappa shape index (κ1) is 16.7. The van der Waals surface area contributed by atoms with Crippen LogP contribution >= 0.6 is 0 Å². The molecule has 0 atom stereocenters. The van der Waals surface area contributed by atoms with E-state index in [9.17, 15) is 4.79 Å². The molecule has 2 aromatic carbocycles. The van der Waals surface area contributed by atoms with E-state index in [0.717, 1.165) is 22.0 Å². The molecule has 1 aliphatic heterocycles. The molecule has 0 radical (unpaired) electrons. The van der Waals surface area contributed by atoms with E-state index in [4.69, 9.17) is 4.52 Å². The number of rotatable bonds is 5. The Bertz CT molecular complexity index is 1110. The Morgan fingerprint density at radius 3 is 2.75 bits per heavy atom. The van der Waals surface area contributed by atoms with Gasteiger partial charge in [-0.25, -0.2) is 0 Å². The molecule has 6 nitrogen and oxygen atoms in total. The number of likely N-dealkylation sites (tertiary alicyclic amines) is 1. The smallest absolute Gasteiger partial charge is 0.233 e. The molecular weight excluding hydrogens is 352 g/mol. The first-order valence-electron chi connectivity index (χ1n) is 9.45. The Hall–Kier alpha value is -3.41. The molecule has 28 heavy (non-hydrogen) atoms. The fraction of sp³-hybridized carbons (Fsp3) is 0.227. The first-order valence-corrected chi connectivity index (χ1v) is 9.45. The number of hydrogen-bond acceptors (Lipinski definition) is 4. The normalized spacial score (nSPS) is 14.4. The third kappa shape index (κ3) is 3.17. The van der Waals surface area contributed by atoms with E-state index >= 15 is 0 Å². The monoisotopic (exact) mass is 372 g/mol. The summed E-state index contributed by atoms with van der Waals surface area (Å²) in [6.07, 6.45) is 2.98. The summed E-state index contributed by atoms with van der Waals surface area (Å²) in [4.78, 5) is 22.2. The van der Waals surface area contributed by atoms with Gasteiger partial charge in [-0.15, -0.1) is 0 Å². The standard InChI is InChI=1S/C22H20N4O2/c27-21(11-16-12-23-19-9-5-4-8-18(16)19)26-13-17(14-26)22-24-20(25-28-22)10-15-6-2-1-3-7-15/h1-9,12,17,23H,10-11,13-14H2. The number of carbonyl (C=O) groups excluding carboxylic acids is 1. The third-order valence-electron chi connectivity index (χ3n) is 5.29. The van der Waals surface area contributed by atoms with Crippen molar-refractivity contribution in [3.8, 4) is 0 Å². The molecule has 4 aromatic rings. The van der Waals surface area contributed by atoms with Crippen LogP contribution in [0.3, 0.4) is 0 Å². The topological polar surface area (TPSA) is 75.0 Å². The third-order valence-corrected chi connectivity index (χ3v) is 5.29. The molecule has 1 aliphatic rings. The number of carbonyl (C=O) groups is 1. The number of aromatic amines is 1. The fourth-order valence-corrected chi connectivity index (χ4v) is 3.67. The Morgan fingerprint density at radius 2 is 1.89 bits per heavy atom. The van der Waals surface area contributed by atoms with Crippen LogP contribution in [0.2, 0.25) is 0 Å². The molecule has 3 heterocycles. The zero-order valence-corrected chi connectivity index (χ0v) is 15.3. The molecule has 140 valence electrons. The minimum atomic E-state index is 0.129. The van der Waals surface area contributed by atoms with Gasteiger partial charge in [-0.05, 0) is 17.2 Å². The van der Waals surface area contributed by atoms with Crippen LogP contribution in [0.5, 0.6) is 0 Å². The molecule has 0 spiro atoms. The molecule has 0 bridgehead atoms. The summed E-state index contributed by atoms with van der Waals surface area (Å²) in [6.45, 7) is 1.27. The van der Waals surface area contributed by atoms with Gasteiger partial charge in [0.15, 0.2) is 5.82 Å². The number of hydrogen-bond donors (Lipinski definition) is 1. The maximum absolute atomic E-state index is 12.6. The van der Waals surface area contributed by atoms with E-state index in [0.29, 0.717) is 37.6 Å². The fourth-order valence-electron chi connectivity index (χ4n) is 3.67. The highest BCUT2D eigenvalue weighted by molar-refractivity contribution is 5.89. The van der Waals surface area contributed by atoms with Gasteiger partial charge in [-0.1, -0.05) is 53.7 Å². The van der Waals surface area contributed by atoms with Gasteiger partial charge in [-0.2, -0.15) is 4.98 Å². The van der Waals surface area contributed by atoms with Crippen molar-refractivity contribution < 1.29 is 9.32 Å². The van der Waals surface area contributed by atoms with Crippen molar-refractivity contribution in [1.29, 1.82) is 0 Å². The number of para-hydroxylation sites is 1. The zero-order valence-electron chi connectivity index (χ0n) is 15.3. The molecule has 6 heteroatoms. The van der Waals surface area contributed by atoms with Crippen LogP contribution in [0.1, 0.15) is 28.8 Å². The number of amides is 1. The van der Waals surface area contributed by atoms with E-state index < -0.39 is 0 Å². The van der Waals surface area contributed by atoms with Crippen LogP contribution in [0.4, 0.5) is 0 Å². The van der Waals surface area contributed by atoms with Gasteiger partial charge in [0.25, 0.3) is 0 Å². The second kappa shape index (κ2) is 6.96. The molecule has 0 unspecified atom stereocenters. The Balaban J connectivity index is 1.19. The highest BCUT2D eigenvalue weighted by Gasteiger charge is 2.35. The SMILES string of the molecule is O=C(Cc1c[nH]c2ccccc12)N1CC(c2nc(Cc3ccccc3)no2)C1. The molecule has 0 saturated carbocycles. The lowest BCUT2D eigenvalue weighted by Crippen LogP contribution is -2.49. The highest BCUT2D eigenvalue weighted by Crippen LogP contribution is 2.27. The summed E-state index contributed by atoms with van der Waals surface area (Å²) in [7, 11) is 0. The van der Waals surface area contributed by atoms with Gasteiger partial charge in [0, 0.05) is 36.6 Å². The van der Waals surface area contributed by atoms with Gasteiger partial charge in [0.2, 0.25) is 11.8 Å². The van der Waals surface area contributed by atoms with Crippen LogP contribution in [-0.2, 0) is 17.6 Å². The molecule has 1 amide bonds. The average molecular weight is 372 g/mol. The van der Waals surface area contributed by atoms with E-state index in [1.807, 2.05) is 65.7 Å². The van der Waals surface area contributed by atoms with E-state index in [1.54, 1.807) is 0 Å². The van der Waals surface area contributed by atoms with Crippen LogP contribution in [0.15, 0.2) is 65.3 Å². The van der Waals surface area contributed by atoms with Crippen molar-refractivity contribution >= 4 is 16.8 Å². The van der Waals surface area contributed by atoms with E-state index in [2.05, 4.69) is 15.1 Å². The predicted octanol–water partition coefficient (Wildman–Crippen LogP) is 3.31. The number of aromatic nitrogens is 3. The van der Waals surface area contributed by atoms with Crippen LogP contribution in [-0.4, -0.2) is 39.0 Å². The van der Waals surface area contributed by atoms with Crippen molar-refractivity contribution in [2.24, 2.45) is 0 Å². The van der Waals surface area contributed by atoms with Gasteiger partial charge < -0.3 is 14.4 Å². The van der Waals surface area contributed by atoms with Gasteiger partial charge in [0.05, 0.1) is 12.3 Å². The minimum absolute atomic E-state index is 0.129. The molecule has 1 saturated heterocycles. The number of nitrogens with zero attached hydrogens (tertiary/aromatic N) is 3. The van der Waals surface area contributed by atoms with Crippen molar-refractivity contribution in [1.82, 2.24) is 20.0 Å². The number of nitrogens with one attached hydrogen (secondary N) is 1. The summed E-state index contributed by atoms with van der Waals surface area (Å²) in [5, 5.41) is 5.19. The summed E-state index contributed by atoms with van der Waals surface area (Å²) >= 11 is 0. The van der Waals surface area contributed by atoms with Gasteiger partial charge in [-0.3, -0.25) is 4.79 Å². The Kier molecular flexibility index (Phi) is 4.16. The number of fused-ring (bicyclic) bond motifs is 1. The second-order valence-corrected chi connectivity index (χ2v) is 7.24. The molecule has 5 rings (SSSR count). The maximum atomic E-state index is 12.6. The molecule has 1 fully saturated rings. The highest BCUT2D eigenvalue weighted by atomic mass is 16.5. The quantitative estimate of drug-likeness (QED) is 0.583. The van der Waals surface area contributed by atoms with Crippen molar-refractivity contribution in [3.05, 3.63) is 83.6 Å². The maximum Gasteiger partial charge on any atom is 0.233 e. The average Bonchev–Trinajstić information content (AvgIpc) is 3.29. The van der Waals surface area contributed by atoms with E-state index in [-0.39, 0.29) is 11.8 Å². The van der Waals surface area contributed by atoms with Crippen LogP contribution in [0, 0.1) is 0 Å². The van der Waals surface area contributed by atoms with E-state index in [1.165, 1.54) is 0 Å². The first-order chi connectivity index (χ1) is 13.8. The molecular formula is C22H20N4O2. The van der Waals surface area contributed by atoms with Gasteiger partial charge >= 0.3 is 0 Å². The second-order valence-electron chi connectivity index (χ2n) is 7.24. The van der Waals surface area contributed by atoms with Crippen molar-refractivity contribution in [3.63, 3.8) is 0 Å². The van der Waals surface area contributed by atoms with Crippen LogP contribution < -0.4 is 0 Å². The lowest BCUT2D eigenvalue weighted by atomic mass is 9.98. The lowest BCUT2D eigenvalue weighted by molar-refractivity contribution is -0.135. The van der Waals surface area contributed by atoms with Crippen LogP contribution in [0.25, 0.3) is 10.9 Å². The summed E-state index contributed by atoms with van der Waals surface area (Å²) in [5.41, 5.74) is 3.24. The Labute approximate surface area is 162 Å².